The number of carboxylic acids is 1. The van der Waals surface area contributed by atoms with Gasteiger partial charge in [-0.2, -0.15) is 0 Å². The Labute approximate surface area is 149 Å². The van der Waals surface area contributed by atoms with Crippen molar-refractivity contribution in [2.45, 2.75) is 52.5 Å². The molecule has 0 bridgehead atoms. The summed E-state index contributed by atoms with van der Waals surface area (Å²) in [5.41, 5.74) is 0. The van der Waals surface area contributed by atoms with Crippen molar-refractivity contribution in [3.8, 4) is 0 Å². The van der Waals surface area contributed by atoms with Gasteiger partial charge < -0.3 is 20.2 Å². The first-order valence-corrected chi connectivity index (χ1v) is 9.35. The second-order valence-electron chi connectivity index (χ2n) is 7.82. The van der Waals surface area contributed by atoms with Crippen LogP contribution in [0.1, 0.15) is 46.5 Å². The molecule has 2 rings (SSSR count). The number of hydrogen-bond donors (Lipinski definition) is 2. The summed E-state index contributed by atoms with van der Waals surface area (Å²) in [4.78, 5) is 39.9. The minimum atomic E-state index is -0.831. The number of nitrogens with zero attached hydrogens (tertiary/aromatic N) is 2. The Kier molecular flexibility index (Phi) is 6.67. The minimum absolute atomic E-state index is 0.000176. The molecule has 2 fully saturated rings. The predicted octanol–water partition coefficient (Wildman–Crippen LogP) is 1.78. The molecule has 2 aliphatic heterocycles. The van der Waals surface area contributed by atoms with Crippen molar-refractivity contribution in [1.82, 2.24) is 15.1 Å². The van der Waals surface area contributed by atoms with Gasteiger partial charge in [-0.1, -0.05) is 13.8 Å². The minimum Gasteiger partial charge on any atom is -0.481 e. The van der Waals surface area contributed by atoms with Gasteiger partial charge in [-0.3, -0.25) is 9.59 Å². The molecule has 0 saturated carbocycles. The number of carbonyl (C=O) groups excluding carboxylic acids is 2. The molecule has 3 atom stereocenters. The summed E-state index contributed by atoms with van der Waals surface area (Å²) in [5.74, 6) is -1.15. The van der Waals surface area contributed by atoms with Crippen LogP contribution in [-0.2, 0) is 9.59 Å². The maximum absolute atomic E-state index is 12.9. The normalized spacial score (nSPS) is 27.3. The van der Waals surface area contributed by atoms with Crippen molar-refractivity contribution < 1.29 is 19.5 Å². The van der Waals surface area contributed by atoms with E-state index >= 15 is 0 Å². The van der Waals surface area contributed by atoms with Crippen LogP contribution < -0.4 is 5.32 Å². The Hall–Kier alpha value is -1.79. The Morgan fingerprint density at radius 2 is 1.84 bits per heavy atom. The molecule has 7 heteroatoms. The molecule has 0 aromatic heterocycles. The summed E-state index contributed by atoms with van der Waals surface area (Å²) in [6.45, 7) is 8.05. The van der Waals surface area contributed by atoms with Crippen LogP contribution in [0, 0.1) is 17.8 Å². The van der Waals surface area contributed by atoms with Crippen molar-refractivity contribution in [2.75, 3.05) is 26.2 Å². The van der Waals surface area contributed by atoms with Crippen molar-refractivity contribution >= 4 is 17.9 Å². The lowest BCUT2D eigenvalue weighted by atomic mass is 9.90. The number of urea groups is 1. The summed E-state index contributed by atoms with van der Waals surface area (Å²) in [7, 11) is 0. The van der Waals surface area contributed by atoms with E-state index in [-0.39, 0.29) is 30.4 Å². The molecule has 142 valence electrons. The van der Waals surface area contributed by atoms with Gasteiger partial charge >= 0.3 is 12.0 Å². The Bertz CT molecular complexity index is 509. The lowest BCUT2D eigenvalue weighted by Crippen LogP contribution is -2.54. The van der Waals surface area contributed by atoms with E-state index < -0.39 is 11.9 Å². The highest BCUT2D eigenvalue weighted by Gasteiger charge is 2.37. The SMILES string of the molecule is CC(C)CNC(=O)N1CCCC(C(=O)N2CC(C(=O)O)CCC2C)C1. The largest absolute Gasteiger partial charge is 0.481 e. The van der Waals surface area contributed by atoms with E-state index in [1.807, 2.05) is 20.8 Å². The van der Waals surface area contributed by atoms with E-state index in [1.165, 1.54) is 0 Å². The average molecular weight is 353 g/mol. The molecule has 2 aliphatic rings. The van der Waals surface area contributed by atoms with Gasteiger partial charge in [-0.05, 0) is 38.5 Å². The Balaban J connectivity index is 1.96. The number of hydrogen-bond acceptors (Lipinski definition) is 3. The highest BCUT2D eigenvalue weighted by atomic mass is 16.4. The van der Waals surface area contributed by atoms with E-state index in [4.69, 9.17) is 0 Å². The van der Waals surface area contributed by atoms with Crippen LogP contribution in [0.2, 0.25) is 0 Å². The van der Waals surface area contributed by atoms with Gasteiger partial charge in [0, 0.05) is 32.2 Å². The molecule has 0 aliphatic carbocycles. The maximum atomic E-state index is 12.9. The van der Waals surface area contributed by atoms with Gasteiger partial charge in [0.1, 0.15) is 0 Å². The number of amides is 3. The van der Waals surface area contributed by atoms with Crippen LogP contribution >= 0.6 is 0 Å². The second kappa shape index (κ2) is 8.54. The molecule has 2 saturated heterocycles. The van der Waals surface area contributed by atoms with Crippen LogP contribution in [0.5, 0.6) is 0 Å². The zero-order valence-corrected chi connectivity index (χ0v) is 15.5. The fourth-order valence-corrected chi connectivity index (χ4v) is 3.62. The van der Waals surface area contributed by atoms with E-state index in [1.54, 1.807) is 9.80 Å². The standard InChI is InChI=1S/C18H31N3O4/c1-12(2)9-19-18(25)20-8-4-5-14(10-20)16(22)21-11-15(17(23)24)7-6-13(21)3/h12-15H,4-11H2,1-3H3,(H,19,25)(H,23,24). The number of piperidine rings is 2. The molecule has 0 aromatic carbocycles. The summed E-state index contributed by atoms with van der Waals surface area (Å²) in [5, 5.41) is 12.2. The quantitative estimate of drug-likeness (QED) is 0.806. The fraction of sp³-hybridized carbons (Fsp3) is 0.833. The number of carbonyl (C=O) groups is 3. The first-order chi connectivity index (χ1) is 11.8. The molecule has 2 heterocycles. The van der Waals surface area contributed by atoms with Gasteiger partial charge in [0.15, 0.2) is 0 Å². The van der Waals surface area contributed by atoms with Crippen LogP contribution in [0.3, 0.4) is 0 Å². The molecule has 0 aromatic rings. The van der Waals surface area contributed by atoms with Crippen LogP contribution in [0.15, 0.2) is 0 Å². The number of nitrogens with one attached hydrogen (secondary N) is 1. The van der Waals surface area contributed by atoms with Crippen LogP contribution in [0.4, 0.5) is 4.79 Å². The van der Waals surface area contributed by atoms with Crippen molar-refractivity contribution in [3.63, 3.8) is 0 Å². The van der Waals surface area contributed by atoms with Gasteiger partial charge in [0.05, 0.1) is 11.8 Å². The van der Waals surface area contributed by atoms with Crippen LogP contribution in [-0.4, -0.2) is 65.0 Å². The predicted molar refractivity (Wildman–Crippen MR) is 94.1 cm³/mol. The molecule has 3 amide bonds. The number of likely N-dealkylation sites (tertiary alicyclic amines) is 2. The first kappa shape index (κ1) is 19.5. The lowest BCUT2D eigenvalue weighted by Gasteiger charge is -2.40. The summed E-state index contributed by atoms with van der Waals surface area (Å²) in [6, 6.07) is -0.0467. The molecule has 0 spiro atoms. The van der Waals surface area contributed by atoms with Crippen LogP contribution in [0.25, 0.3) is 0 Å². The monoisotopic (exact) mass is 353 g/mol. The topological polar surface area (TPSA) is 90.0 Å². The molecular weight excluding hydrogens is 322 g/mol. The van der Waals surface area contributed by atoms with Crippen molar-refractivity contribution in [1.29, 1.82) is 0 Å². The molecule has 3 unspecified atom stereocenters. The van der Waals surface area contributed by atoms with Gasteiger partial charge in [-0.25, -0.2) is 4.79 Å². The van der Waals surface area contributed by atoms with Gasteiger partial charge in [0.25, 0.3) is 0 Å². The molecule has 7 nitrogen and oxygen atoms in total. The molecular formula is C18H31N3O4. The van der Waals surface area contributed by atoms with Crippen molar-refractivity contribution in [3.05, 3.63) is 0 Å². The summed E-state index contributed by atoms with van der Waals surface area (Å²) < 4.78 is 0. The highest BCUT2D eigenvalue weighted by Crippen LogP contribution is 2.26. The lowest BCUT2D eigenvalue weighted by molar-refractivity contribution is -0.149. The third kappa shape index (κ3) is 5.09. The molecule has 25 heavy (non-hydrogen) atoms. The average Bonchev–Trinajstić information content (AvgIpc) is 2.59. The van der Waals surface area contributed by atoms with E-state index in [2.05, 4.69) is 5.32 Å². The van der Waals surface area contributed by atoms with E-state index in [0.717, 1.165) is 12.8 Å². The van der Waals surface area contributed by atoms with Gasteiger partial charge in [0.2, 0.25) is 5.91 Å². The number of rotatable bonds is 4. The molecule has 2 N–H and O–H groups in total. The second-order valence-corrected chi connectivity index (χ2v) is 7.82. The first-order valence-electron chi connectivity index (χ1n) is 9.35. The highest BCUT2D eigenvalue weighted by molar-refractivity contribution is 5.82. The molecule has 0 radical (unpaired) electrons. The van der Waals surface area contributed by atoms with E-state index in [9.17, 15) is 19.5 Å². The Morgan fingerprint density at radius 3 is 2.48 bits per heavy atom. The smallest absolute Gasteiger partial charge is 0.317 e. The zero-order valence-electron chi connectivity index (χ0n) is 15.5. The third-order valence-electron chi connectivity index (χ3n) is 5.23. The number of carboxylic acid groups (broad SMARTS) is 1. The van der Waals surface area contributed by atoms with E-state index in [0.29, 0.717) is 38.4 Å². The maximum Gasteiger partial charge on any atom is 0.317 e. The summed E-state index contributed by atoms with van der Waals surface area (Å²) in [6.07, 6.45) is 2.90. The zero-order chi connectivity index (χ0) is 18.6. The Morgan fingerprint density at radius 1 is 1.12 bits per heavy atom. The fourth-order valence-electron chi connectivity index (χ4n) is 3.62. The van der Waals surface area contributed by atoms with Crippen molar-refractivity contribution in [2.24, 2.45) is 17.8 Å². The summed E-state index contributed by atoms with van der Waals surface area (Å²) >= 11 is 0. The van der Waals surface area contributed by atoms with Gasteiger partial charge in [-0.15, -0.1) is 0 Å². The number of aliphatic carboxylic acids is 1. The third-order valence-corrected chi connectivity index (χ3v) is 5.23.